The summed E-state index contributed by atoms with van der Waals surface area (Å²) < 4.78 is 2.30. The molecule has 1 unspecified atom stereocenters. The molecule has 3 nitrogen and oxygen atoms in total. The van der Waals surface area contributed by atoms with Crippen LogP contribution in [-0.4, -0.2) is 22.1 Å². The van der Waals surface area contributed by atoms with Crippen LogP contribution >= 0.6 is 0 Å². The number of aromatic nitrogens is 2. The fourth-order valence-corrected chi connectivity index (χ4v) is 2.69. The summed E-state index contributed by atoms with van der Waals surface area (Å²) in [6, 6.07) is 8.96. The Labute approximate surface area is 116 Å². The minimum atomic E-state index is 0.607. The Morgan fingerprint density at radius 3 is 2.68 bits per heavy atom. The van der Waals surface area contributed by atoms with Crippen molar-refractivity contribution in [1.82, 2.24) is 14.9 Å². The summed E-state index contributed by atoms with van der Waals surface area (Å²) in [7, 11) is 0. The van der Waals surface area contributed by atoms with Crippen molar-refractivity contribution in [2.24, 2.45) is 5.92 Å². The third kappa shape index (κ3) is 3.16. The van der Waals surface area contributed by atoms with Gasteiger partial charge in [0.2, 0.25) is 0 Å². The molecule has 1 N–H and O–H groups in total. The number of aryl methyl sites for hydroxylation is 1. The lowest BCUT2D eigenvalue weighted by molar-refractivity contribution is 0.381. The predicted octanol–water partition coefficient (Wildman–Crippen LogP) is 3.37. The van der Waals surface area contributed by atoms with Crippen LogP contribution in [0.1, 0.15) is 33.0 Å². The molecule has 0 saturated carbocycles. The lowest BCUT2D eigenvalue weighted by Crippen LogP contribution is -2.35. The maximum atomic E-state index is 4.60. The van der Waals surface area contributed by atoms with Gasteiger partial charge < -0.3 is 9.88 Å². The topological polar surface area (TPSA) is 29.9 Å². The molecule has 0 fully saturated rings. The molecule has 0 radical (unpaired) electrons. The number of hydrogen-bond donors (Lipinski definition) is 1. The number of nitrogens with one attached hydrogen (secondary N) is 1. The van der Waals surface area contributed by atoms with E-state index in [-0.39, 0.29) is 0 Å². The highest BCUT2D eigenvalue weighted by Crippen LogP contribution is 2.15. The Bertz CT molecular complexity index is 528. The van der Waals surface area contributed by atoms with Gasteiger partial charge in [0.1, 0.15) is 5.82 Å². The van der Waals surface area contributed by atoms with Crippen molar-refractivity contribution in [1.29, 1.82) is 0 Å². The van der Waals surface area contributed by atoms with E-state index in [4.69, 9.17) is 0 Å². The highest BCUT2D eigenvalue weighted by Gasteiger charge is 2.11. The number of hydrogen-bond acceptors (Lipinski definition) is 2. The van der Waals surface area contributed by atoms with E-state index >= 15 is 0 Å². The van der Waals surface area contributed by atoms with E-state index in [9.17, 15) is 0 Å². The minimum Gasteiger partial charge on any atom is -0.327 e. The first-order valence-electron chi connectivity index (χ1n) is 7.28. The first-order chi connectivity index (χ1) is 9.13. The van der Waals surface area contributed by atoms with Crippen molar-refractivity contribution in [3.63, 3.8) is 0 Å². The normalized spacial score (nSPS) is 13.3. The predicted molar refractivity (Wildman–Crippen MR) is 81.4 cm³/mol. The smallest absolute Gasteiger partial charge is 0.106 e. The highest BCUT2D eigenvalue weighted by atomic mass is 15.1. The monoisotopic (exact) mass is 259 g/mol. The number of fused-ring (bicyclic) bond motifs is 1. The average molecular weight is 259 g/mol. The molecule has 0 amide bonds. The van der Waals surface area contributed by atoms with Crippen LogP contribution in [0.3, 0.4) is 0 Å². The van der Waals surface area contributed by atoms with Gasteiger partial charge in [-0.2, -0.15) is 0 Å². The van der Waals surface area contributed by atoms with E-state index in [1.54, 1.807) is 0 Å². The van der Waals surface area contributed by atoms with Gasteiger partial charge in [0.25, 0.3) is 0 Å². The number of rotatable bonds is 6. The summed E-state index contributed by atoms with van der Waals surface area (Å²) in [5.74, 6) is 1.78. The van der Waals surface area contributed by atoms with Gasteiger partial charge in [-0.15, -0.1) is 0 Å². The molecule has 1 heterocycles. The van der Waals surface area contributed by atoms with E-state index < -0.39 is 0 Å². The number of nitrogens with zero attached hydrogens (tertiary/aromatic N) is 2. The highest BCUT2D eigenvalue weighted by molar-refractivity contribution is 5.75. The number of para-hydroxylation sites is 2. The van der Waals surface area contributed by atoms with Gasteiger partial charge in [0, 0.05) is 19.1 Å². The van der Waals surface area contributed by atoms with Crippen molar-refractivity contribution in [3.05, 3.63) is 30.1 Å². The SMILES string of the molecule is CCC(NCCn1c(C)nc2ccccc21)C(C)C. The molecule has 0 spiro atoms. The Morgan fingerprint density at radius 1 is 1.26 bits per heavy atom. The maximum absolute atomic E-state index is 4.60. The summed E-state index contributed by atoms with van der Waals surface area (Å²) in [5, 5.41) is 3.65. The molecular formula is C16H25N3. The summed E-state index contributed by atoms with van der Waals surface area (Å²) in [6.07, 6.45) is 1.18. The van der Waals surface area contributed by atoms with E-state index in [0.29, 0.717) is 12.0 Å². The van der Waals surface area contributed by atoms with Crippen molar-refractivity contribution in [2.75, 3.05) is 6.54 Å². The molecule has 0 aliphatic rings. The van der Waals surface area contributed by atoms with Crippen molar-refractivity contribution >= 4 is 11.0 Å². The fraction of sp³-hybridized carbons (Fsp3) is 0.562. The first-order valence-corrected chi connectivity index (χ1v) is 7.28. The standard InChI is InChI=1S/C16H25N3/c1-5-14(12(2)3)17-10-11-19-13(4)18-15-8-6-7-9-16(15)19/h6-9,12,14,17H,5,10-11H2,1-4H3. The summed E-state index contributed by atoms with van der Waals surface area (Å²) in [4.78, 5) is 4.60. The second-order valence-corrected chi connectivity index (χ2v) is 5.51. The molecular weight excluding hydrogens is 234 g/mol. The zero-order chi connectivity index (χ0) is 13.8. The summed E-state index contributed by atoms with van der Waals surface area (Å²) in [6.45, 7) is 10.9. The van der Waals surface area contributed by atoms with Gasteiger partial charge in [-0.25, -0.2) is 4.98 Å². The fourth-order valence-electron chi connectivity index (χ4n) is 2.69. The quantitative estimate of drug-likeness (QED) is 0.862. The molecule has 0 aliphatic heterocycles. The zero-order valence-corrected chi connectivity index (χ0v) is 12.5. The Balaban J connectivity index is 2.04. The third-order valence-electron chi connectivity index (χ3n) is 3.83. The van der Waals surface area contributed by atoms with E-state index in [1.165, 1.54) is 11.9 Å². The van der Waals surface area contributed by atoms with Crippen molar-refractivity contribution in [3.8, 4) is 0 Å². The number of imidazole rings is 1. The number of benzene rings is 1. The van der Waals surface area contributed by atoms with Crippen LogP contribution in [0.25, 0.3) is 11.0 Å². The average Bonchev–Trinajstić information content (AvgIpc) is 2.70. The van der Waals surface area contributed by atoms with E-state index in [0.717, 1.165) is 24.4 Å². The van der Waals surface area contributed by atoms with Gasteiger partial charge in [0.15, 0.2) is 0 Å². The van der Waals surface area contributed by atoms with Gasteiger partial charge in [-0.3, -0.25) is 0 Å². The van der Waals surface area contributed by atoms with Crippen LogP contribution < -0.4 is 5.32 Å². The minimum absolute atomic E-state index is 0.607. The molecule has 2 aromatic rings. The first kappa shape index (κ1) is 14.1. The van der Waals surface area contributed by atoms with Gasteiger partial charge >= 0.3 is 0 Å². The second-order valence-electron chi connectivity index (χ2n) is 5.51. The van der Waals surface area contributed by atoms with E-state index in [2.05, 4.69) is 60.8 Å². The molecule has 0 bridgehead atoms. The lowest BCUT2D eigenvalue weighted by Gasteiger charge is -2.21. The Hall–Kier alpha value is -1.35. The van der Waals surface area contributed by atoms with E-state index in [1.807, 2.05) is 6.07 Å². The molecule has 1 atom stereocenters. The Morgan fingerprint density at radius 2 is 2.00 bits per heavy atom. The van der Waals surface area contributed by atoms with Crippen LogP contribution in [0, 0.1) is 12.8 Å². The molecule has 3 heteroatoms. The van der Waals surface area contributed by atoms with Gasteiger partial charge in [-0.1, -0.05) is 32.9 Å². The second kappa shape index (κ2) is 6.20. The Kier molecular flexibility index (Phi) is 4.59. The summed E-state index contributed by atoms with van der Waals surface area (Å²) in [5.41, 5.74) is 2.33. The largest absolute Gasteiger partial charge is 0.327 e. The van der Waals surface area contributed by atoms with Crippen LogP contribution in [0.15, 0.2) is 24.3 Å². The lowest BCUT2D eigenvalue weighted by atomic mass is 10.0. The zero-order valence-electron chi connectivity index (χ0n) is 12.5. The summed E-state index contributed by atoms with van der Waals surface area (Å²) >= 11 is 0. The third-order valence-corrected chi connectivity index (χ3v) is 3.83. The molecule has 2 rings (SSSR count). The van der Waals surface area contributed by atoms with Gasteiger partial charge in [0.05, 0.1) is 11.0 Å². The van der Waals surface area contributed by atoms with Crippen molar-refractivity contribution in [2.45, 2.75) is 46.7 Å². The van der Waals surface area contributed by atoms with Crippen molar-refractivity contribution < 1.29 is 0 Å². The molecule has 1 aromatic heterocycles. The molecule has 1 aromatic carbocycles. The van der Waals surface area contributed by atoms with Crippen LogP contribution in [0.2, 0.25) is 0 Å². The van der Waals surface area contributed by atoms with Gasteiger partial charge in [-0.05, 0) is 31.4 Å². The molecule has 19 heavy (non-hydrogen) atoms. The molecule has 104 valence electrons. The molecule has 0 aliphatic carbocycles. The van der Waals surface area contributed by atoms with Crippen LogP contribution in [-0.2, 0) is 6.54 Å². The van der Waals surface area contributed by atoms with Crippen LogP contribution in [0.4, 0.5) is 0 Å². The molecule has 0 saturated heterocycles. The maximum Gasteiger partial charge on any atom is 0.106 e. The van der Waals surface area contributed by atoms with Crippen LogP contribution in [0.5, 0.6) is 0 Å².